The van der Waals surface area contributed by atoms with E-state index in [1.54, 1.807) is 7.11 Å². The number of hydrogen-bond acceptors (Lipinski definition) is 2. The van der Waals surface area contributed by atoms with Gasteiger partial charge >= 0.3 is 6.03 Å². The van der Waals surface area contributed by atoms with Crippen LogP contribution in [0.2, 0.25) is 0 Å². The van der Waals surface area contributed by atoms with Gasteiger partial charge in [0.2, 0.25) is 0 Å². The number of urea groups is 1. The van der Waals surface area contributed by atoms with Crippen LogP contribution in [0.25, 0.3) is 0 Å². The van der Waals surface area contributed by atoms with Crippen molar-refractivity contribution in [2.75, 3.05) is 12.4 Å². The zero-order valence-corrected chi connectivity index (χ0v) is 11.9. The summed E-state index contributed by atoms with van der Waals surface area (Å²) in [6, 6.07) is 15.6. The Morgan fingerprint density at radius 3 is 2.33 bits per heavy atom. The second kappa shape index (κ2) is 5.87. The Morgan fingerprint density at radius 2 is 1.67 bits per heavy atom. The molecule has 0 fully saturated rings. The minimum atomic E-state index is -0.197. The van der Waals surface area contributed by atoms with Gasteiger partial charge in [0.15, 0.2) is 0 Å². The maximum Gasteiger partial charge on any atom is 0.319 e. The van der Waals surface area contributed by atoms with Crippen LogP contribution in [0.3, 0.4) is 0 Å². The van der Waals surface area contributed by atoms with Crippen molar-refractivity contribution in [3.8, 4) is 5.75 Å². The van der Waals surface area contributed by atoms with Gasteiger partial charge in [0.1, 0.15) is 5.75 Å². The number of ether oxygens (including phenoxy) is 1. The van der Waals surface area contributed by atoms with Gasteiger partial charge in [-0.25, -0.2) is 4.79 Å². The highest BCUT2D eigenvalue weighted by Gasteiger charge is 2.22. The zero-order chi connectivity index (χ0) is 14.7. The van der Waals surface area contributed by atoms with Crippen molar-refractivity contribution >= 4 is 11.7 Å². The highest BCUT2D eigenvalue weighted by molar-refractivity contribution is 5.91. The van der Waals surface area contributed by atoms with Crippen LogP contribution in [0.15, 0.2) is 48.5 Å². The second-order valence-electron chi connectivity index (χ2n) is 5.17. The van der Waals surface area contributed by atoms with Crippen LogP contribution in [0.1, 0.15) is 11.1 Å². The summed E-state index contributed by atoms with van der Waals surface area (Å²) in [7, 11) is 1.59. The van der Waals surface area contributed by atoms with Crippen molar-refractivity contribution in [3.63, 3.8) is 0 Å². The number of carbonyl (C=O) groups is 1. The number of nitrogens with one attached hydrogen (secondary N) is 2. The van der Waals surface area contributed by atoms with Gasteiger partial charge in [-0.05, 0) is 36.1 Å². The fourth-order valence-electron chi connectivity index (χ4n) is 2.75. The lowest BCUT2D eigenvalue weighted by Gasteiger charge is -2.14. The molecule has 0 saturated carbocycles. The van der Waals surface area contributed by atoms with Gasteiger partial charge < -0.3 is 15.4 Å². The van der Waals surface area contributed by atoms with Crippen LogP contribution in [0.4, 0.5) is 10.5 Å². The normalized spacial score (nSPS) is 13.6. The topological polar surface area (TPSA) is 50.4 Å². The van der Waals surface area contributed by atoms with Crippen molar-refractivity contribution < 1.29 is 9.53 Å². The SMILES string of the molecule is COc1ccccc1NC(=O)NC1Cc2ccccc2C1. The highest BCUT2D eigenvalue weighted by atomic mass is 16.5. The minimum absolute atomic E-state index is 0.150. The Morgan fingerprint density at radius 1 is 1.05 bits per heavy atom. The molecule has 0 heterocycles. The number of anilines is 1. The van der Waals surface area contributed by atoms with E-state index in [4.69, 9.17) is 4.74 Å². The van der Waals surface area contributed by atoms with Gasteiger partial charge in [-0.1, -0.05) is 36.4 Å². The predicted molar refractivity (Wildman–Crippen MR) is 82.8 cm³/mol. The average molecular weight is 282 g/mol. The molecule has 0 saturated heterocycles. The van der Waals surface area contributed by atoms with Crippen molar-refractivity contribution in [2.24, 2.45) is 0 Å². The fraction of sp³-hybridized carbons (Fsp3) is 0.235. The number of benzene rings is 2. The molecule has 0 unspecified atom stereocenters. The molecular formula is C17H18N2O2. The first-order valence-corrected chi connectivity index (χ1v) is 7.03. The Kier molecular flexibility index (Phi) is 3.77. The molecule has 0 atom stereocenters. The van der Waals surface area contributed by atoms with E-state index in [1.165, 1.54) is 11.1 Å². The van der Waals surface area contributed by atoms with Crippen molar-refractivity contribution in [2.45, 2.75) is 18.9 Å². The quantitative estimate of drug-likeness (QED) is 0.909. The van der Waals surface area contributed by atoms with Crippen LogP contribution in [-0.2, 0) is 12.8 Å². The molecule has 3 rings (SSSR count). The first kappa shape index (κ1) is 13.5. The van der Waals surface area contributed by atoms with E-state index in [0.717, 1.165) is 12.8 Å². The molecule has 2 N–H and O–H groups in total. The van der Waals surface area contributed by atoms with Gasteiger partial charge in [-0.2, -0.15) is 0 Å². The molecular weight excluding hydrogens is 264 g/mol. The summed E-state index contributed by atoms with van der Waals surface area (Å²) < 4.78 is 5.22. The third-order valence-electron chi connectivity index (χ3n) is 3.74. The summed E-state index contributed by atoms with van der Waals surface area (Å²) in [5.74, 6) is 0.655. The van der Waals surface area contributed by atoms with Crippen molar-refractivity contribution in [1.29, 1.82) is 0 Å². The molecule has 4 nitrogen and oxygen atoms in total. The molecule has 21 heavy (non-hydrogen) atoms. The molecule has 108 valence electrons. The summed E-state index contributed by atoms with van der Waals surface area (Å²) in [5, 5.41) is 5.86. The number of carbonyl (C=O) groups excluding carboxylic acids is 1. The lowest BCUT2D eigenvalue weighted by Crippen LogP contribution is -2.38. The molecule has 0 aliphatic heterocycles. The number of hydrogen-bond donors (Lipinski definition) is 2. The molecule has 2 aromatic carbocycles. The molecule has 2 amide bonds. The van der Waals surface area contributed by atoms with Gasteiger partial charge in [0.05, 0.1) is 12.8 Å². The summed E-state index contributed by atoms with van der Waals surface area (Å²) in [4.78, 5) is 12.1. The molecule has 0 bridgehead atoms. The third kappa shape index (κ3) is 2.99. The van der Waals surface area contributed by atoms with E-state index in [0.29, 0.717) is 11.4 Å². The zero-order valence-electron chi connectivity index (χ0n) is 11.9. The monoisotopic (exact) mass is 282 g/mol. The fourth-order valence-corrected chi connectivity index (χ4v) is 2.75. The smallest absolute Gasteiger partial charge is 0.319 e. The lowest BCUT2D eigenvalue weighted by molar-refractivity contribution is 0.248. The van der Waals surface area contributed by atoms with Crippen LogP contribution in [0, 0.1) is 0 Å². The molecule has 1 aliphatic carbocycles. The molecule has 0 spiro atoms. The minimum Gasteiger partial charge on any atom is -0.495 e. The second-order valence-corrected chi connectivity index (χ2v) is 5.17. The number of rotatable bonds is 3. The van der Waals surface area contributed by atoms with Crippen molar-refractivity contribution in [3.05, 3.63) is 59.7 Å². The molecule has 4 heteroatoms. The number of amides is 2. The maximum absolute atomic E-state index is 12.1. The van der Waals surface area contributed by atoms with Crippen molar-refractivity contribution in [1.82, 2.24) is 5.32 Å². The van der Waals surface area contributed by atoms with Crippen LogP contribution >= 0.6 is 0 Å². The Hall–Kier alpha value is -2.49. The molecule has 0 radical (unpaired) electrons. The number of methoxy groups -OCH3 is 1. The average Bonchev–Trinajstić information content (AvgIpc) is 2.89. The van der Waals surface area contributed by atoms with Gasteiger partial charge in [-0.15, -0.1) is 0 Å². The number of para-hydroxylation sites is 2. The van der Waals surface area contributed by atoms with E-state index in [-0.39, 0.29) is 12.1 Å². The first-order valence-electron chi connectivity index (χ1n) is 7.03. The molecule has 0 aromatic heterocycles. The molecule has 2 aromatic rings. The van der Waals surface area contributed by atoms with E-state index in [2.05, 4.69) is 22.8 Å². The third-order valence-corrected chi connectivity index (χ3v) is 3.74. The summed E-state index contributed by atoms with van der Waals surface area (Å²) in [6.07, 6.45) is 1.77. The predicted octanol–water partition coefficient (Wildman–Crippen LogP) is 2.98. The van der Waals surface area contributed by atoms with Crippen LogP contribution < -0.4 is 15.4 Å². The number of fused-ring (bicyclic) bond motifs is 1. The van der Waals surface area contributed by atoms with Crippen LogP contribution in [-0.4, -0.2) is 19.2 Å². The van der Waals surface area contributed by atoms with E-state index in [1.807, 2.05) is 36.4 Å². The van der Waals surface area contributed by atoms with E-state index < -0.39 is 0 Å². The van der Waals surface area contributed by atoms with Crippen LogP contribution in [0.5, 0.6) is 5.75 Å². The lowest BCUT2D eigenvalue weighted by atomic mass is 10.1. The summed E-state index contributed by atoms with van der Waals surface area (Å²) >= 11 is 0. The summed E-state index contributed by atoms with van der Waals surface area (Å²) in [6.45, 7) is 0. The van der Waals surface area contributed by atoms with E-state index in [9.17, 15) is 4.79 Å². The first-order chi connectivity index (χ1) is 10.3. The van der Waals surface area contributed by atoms with Gasteiger partial charge in [0.25, 0.3) is 0 Å². The Labute approximate surface area is 124 Å². The standard InChI is InChI=1S/C17H18N2O2/c1-21-16-9-5-4-8-15(16)19-17(20)18-14-10-12-6-2-3-7-13(12)11-14/h2-9,14H,10-11H2,1H3,(H2,18,19,20). The highest BCUT2D eigenvalue weighted by Crippen LogP contribution is 2.24. The van der Waals surface area contributed by atoms with Gasteiger partial charge in [0, 0.05) is 6.04 Å². The maximum atomic E-state index is 12.1. The van der Waals surface area contributed by atoms with Gasteiger partial charge in [-0.3, -0.25) is 0 Å². The Bertz CT molecular complexity index is 630. The Balaban J connectivity index is 1.61. The largest absolute Gasteiger partial charge is 0.495 e. The molecule has 1 aliphatic rings. The van der Waals surface area contributed by atoms with E-state index >= 15 is 0 Å². The summed E-state index contributed by atoms with van der Waals surface area (Å²) in [5.41, 5.74) is 3.31.